The number of imide groups is 1. The minimum atomic E-state index is -3.79. The van der Waals surface area contributed by atoms with Gasteiger partial charge in [-0.15, -0.1) is 0 Å². The van der Waals surface area contributed by atoms with Crippen molar-refractivity contribution in [2.75, 3.05) is 0 Å². The van der Waals surface area contributed by atoms with Crippen LogP contribution >= 0.6 is 11.6 Å². The van der Waals surface area contributed by atoms with Crippen LogP contribution in [0, 0.1) is 0 Å². The van der Waals surface area contributed by atoms with E-state index >= 15 is 0 Å². The predicted octanol–water partition coefficient (Wildman–Crippen LogP) is -2.36. The number of hydrogen-bond donors (Lipinski definition) is 1. The largest absolute Gasteiger partial charge is 0.357 e. The van der Waals surface area contributed by atoms with Gasteiger partial charge in [-0.05, 0) is 35.7 Å². The lowest BCUT2D eigenvalue weighted by Gasteiger charge is -2.45. The van der Waals surface area contributed by atoms with Gasteiger partial charge in [0.2, 0.25) is 19.8 Å². The molecule has 1 saturated heterocycles. The van der Waals surface area contributed by atoms with Crippen molar-refractivity contribution in [1.29, 1.82) is 0 Å². The predicted molar refractivity (Wildman–Crippen MR) is 147 cm³/mol. The molecule has 2 heterocycles. The number of rotatable bonds is 5. The van der Waals surface area contributed by atoms with E-state index in [0.717, 1.165) is 16.9 Å². The standard InChI is InChI=1S/C22H23B5ClF2N3O4/c23-15-8-20(24,19(37)33(27)17(15)35)32-9-10-7-12(3-6-14(10)16(32)34)22(25,26)31-18(36)21(29,30)11-1-4-13(28)5-2-11/h1-7,15H,8-9,23-27H2,(H,31,36)/t15?,20-/m1/s1. The van der Waals surface area contributed by atoms with Crippen LogP contribution in [0.25, 0.3) is 0 Å². The third-order valence-electron chi connectivity index (χ3n) is 7.37. The molecule has 2 aromatic rings. The summed E-state index contributed by atoms with van der Waals surface area (Å²) in [5, 5.41) is 1.49. The van der Waals surface area contributed by atoms with Gasteiger partial charge < -0.3 is 15.0 Å². The van der Waals surface area contributed by atoms with Crippen molar-refractivity contribution in [3.05, 3.63) is 69.7 Å². The number of carbonyl (C=O) groups is 4. The van der Waals surface area contributed by atoms with Crippen LogP contribution in [-0.4, -0.2) is 78.1 Å². The molecule has 0 saturated carbocycles. The molecule has 2 aliphatic rings. The van der Waals surface area contributed by atoms with Gasteiger partial charge in [0.15, 0.2) is 0 Å². The highest BCUT2D eigenvalue weighted by molar-refractivity contribution is 6.43. The molecule has 15 heteroatoms. The lowest BCUT2D eigenvalue weighted by atomic mass is 9.57. The molecule has 2 atom stereocenters. The first-order chi connectivity index (χ1) is 17.1. The lowest BCUT2D eigenvalue weighted by Crippen LogP contribution is -2.65. The summed E-state index contributed by atoms with van der Waals surface area (Å²) in [6.45, 7) is 0.115. The Bertz CT molecular complexity index is 1330. The van der Waals surface area contributed by atoms with Crippen LogP contribution in [0.2, 0.25) is 10.8 Å². The van der Waals surface area contributed by atoms with Gasteiger partial charge in [0.1, 0.15) is 31.4 Å². The second kappa shape index (κ2) is 9.08. The zero-order valence-corrected chi connectivity index (χ0v) is 22.0. The highest BCUT2D eigenvalue weighted by atomic mass is 35.5. The van der Waals surface area contributed by atoms with Gasteiger partial charge in [-0.1, -0.05) is 35.9 Å². The molecule has 2 aromatic carbocycles. The van der Waals surface area contributed by atoms with E-state index in [1.165, 1.54) is 25.0 Å². The molecule has 2 aliphatic heterocycles. The number of benzene rings is 2. The van der Waals surface area contributed by atoms with Gasteiger partial charge in [-0.3, -0.25) is 19.2 Å². The second-order valence-corrected chi connectivity index (χ2v) is 10.9. The summed E-state index contributed by atoms with van der Waals surface area (Å²) >= 11 is 5.77. The normalized spacial score (nSPS) is 22.2. The summed E-state index contributed by atoms with van der Waals surface area (Å²) in [5.74, 6) is -6.78. The zero-order valence-electron chi connectivity index (χ0n) is 21.2. The molecule has 1 unspecified atom stereocenters. The Morgan fingerprint density at radius 2 is 1.68 bits per heavy atom. The number of alkyl halides is 2. The van der Waals surface area contributed by atoms with E-state index in [1.54, 1.807) is 49.6 Å². The number of carbonyl (C=O) groups excluding carboxylic acids is 4. The van der Waals surface area contributed by atoms with Crippen LogP contribution in [0.15, 0.2) is 42.5 Å². The van der Waals surface area contributed by atoms with Gasteiger partial charge in [-0.2, -0.15) is 8.78 Å². The maximum Gasteiger partial charge on any atom is 0.349 e. The fraction of sp³-hybridized carbons (Fsp3) is 0.273. The summed E-state index contributed by atoms with van der Waals surface area (Å²) in [7, 11) is 7.97. The first kappa shape index (κ1) is 27.0. The first-order valence-electron chi connectivity index (χ1n) is 11.8. The average Bonchev–Trinajstić information content (AvgIpc) is 3.18. The zero-order chi connectivity index (χ0) is 27.5. The molecule has 7 nitrogen and oxygen atoms in total. The smallest absolute Gasteiger partial charge is 0.349 e. The maximum atomic E-state index is 14.9. The van der Waals surface area contributed by atoms with Gasteiger partial charge >= 0.3 is 5.92 Å². The Balaban J connectivity index is 1.58. The van der Waals surface area contributed by atoms with Crippen LogP contribution in [0.1, 0.15) is 33.5 Å². The number of halogens is 3. The Morgan fingerprint density at radius 1 is 1.08 bits per heavy atom. The molecular formula is C22H23B5ClF2N3O4. The summed E-state index contributed by atoms with van der Waals surface area (Å²) in [4.78, 5) is 53.7. The van der Waals surface area contributed by atoms with Crippen molar-refractivity contribution in [2.24, 2.45) is 0 Å². The molecular weight excluding hydrogens is 498 g/mol. The molecule has 186 valence electrons. The number of nitrogens with zero attached hydrogens (tertiary/aromatic N) is 2. The monoisotopic (exact) mass is 521 g/mol. The summed E-state index contributed by atoms with van der Waals surface area (Å²) in [5.41, 5.74) is -0.178. The van der Waals surface area contributed by atoms with E-state index < -0.39 is 39.9 Å². The quantitative estimate of drug-likeness (QED) is 0.353. The summed E-state index contributed by atoms with van der Waals surface area (Å²) < 4.78 is 29.7. The number of hydrogen-bond acceptors (Lipinski definition) is 4. The highest BCUT2D eigenvalue weighted by Gasteiger charge is 2.52. The minimum Gasteiger partial charge on any atom is -0.357 e. The van der Waals surface area contributed by atoms with Crippen LogP contribution in [0.3, 0.4) is 0 Å². The van der Waals surface area contributed by atoms with Crippen molar-refractivity contribution in [3.8, 4) is 0 Å². The van der Waals surface area contributed by atoms with Crippen LogP contribution in [0.4, 0.5) is 8.78 Å². The molecule has 1 fully saturated rings. The van der Waals surface area contributed by atoms with Gasteiger partial charge in [0.25, 0.3) is 11.8 Å². The Labute approximate surface area is 222 Å². The van der Waals surface area contributed by atoms with Gasteiger partial charge in [0.05, 0.1) is 5.44 Å². The molecule has 37 heavy (non-hydrogen) atoms. The number of amides is 4. The molecule has 0 bridgehead atoms. The van der Waals surface area contributed by atoms with Gasteiger partial charge in [0, 0.05) is 33.8 Å². The summed E-state index contributed by atoms with van der Waals surface area (Å²) in [6.07, 6.45) is 0.197. The van der Waals surface area contributed by atoms with Crippen LogP contribution in [-0.2, 0) is 32.2 Å². The number of piperidine rings is 1. The first-order valence-corrected chi connectivity index (χ1v) is 12.2. The fourth-order valence-corrected chi connectivity index (χ4v) is 5.25. The van der Waals surface area contributed by atoms with E-state index in [2.05, 4.69) is 5.32 Å². The van der Waals surface area contributed by atoms with E-state index in [9.17, 15) is 28.0 Å². The maximum absolute atomic E-state index is 14.9. The summed E-state index contributed by atoms with van der Waals surface area (Å²) in [6, 6.07) is 9.64. The van der Waals surface area contributed by atoms with Crippen molar-refractivity contribution < 1.29 is 28.0 Å². The molecule has 0 spiro atoms. The third kappa shape index (κ3) is 4.49. The van der Waals surface area contributed by atoms with Crippen molar-refractivity contribution in [1.82, 2.24) is 15.0 Å². The molecule has 4 amide bonds. The number of nitrogens with one attached hydrogen (secondary N) is 1. The van der Waals surface area contributed by atoms with Crippen molar-refractivity contribution in [3.63, 3.8) is 0 Å². The molecule has 4 rings (SSSR count). The van der Waals surface area contributed by atoms with E-state index in [1.807, 2.05) is 0 Å². The van der Waals surface area contributed by atoms with Gasteiger partial charge in [-0.25, -0.2) is 0 Å². The Hall–Kier alpha value is -3.01. The minimum absolute atomic E-state index is 0.115. The van der Waals surface area contributed by atoms with Crippen molar-refractivity contribution >= 4 is 74.6 Å². The Kier molecular flexibility index (Phi) is 6.63. The number of fused-ring (bicyclic) bond motifs is 1. The van der Waals surface area contributed by atoms with E-state index in [4.69, 9.17) is 11.6 Å². The van der Waals surface area contributed by atoms with E-state index in [0.29, 0.717) is 16.7 Å². The molecule has 0 aromatic heterocycles. The van der Waals surface area contributed by atoms with Crippen LogP contribution in [0.5, 0.6) is 0 Å². The highest BCUT2D eigenvalue weighted by Crippen LogP contribution is 2.38. The fourth-order valence-electron chi connectivity index (χ4n) is 5.12. The molecule has 0 radical (unpaired) electrons. The third-order valence-corrected chi connectivity index (χ3v) is 7.62. The van der Waals surface area contributed by atoms with Crippen molar-refractivity contribution in [2.45, 2.75) is 35.5 Å². The lowest BCUT2D eigenvalue weighted by molar-refractivity contribution is -0.148. The molecule has 1 N–H and O–H groups in total. The second-order valence-electron chi connectivity index (χ2n) is 10.5. The topological polar surface area (TPSA) is 86.8 Å². The van der Waals surface area contributed by atoms with E-state index in [-0.39, 0.29) is 29.8 Å². The molecule has 0 aliphatic carbocycles. The Morgan fingerprint density at radius 3 is 2.30 bits per heavy atom. The SMILES string of the molecule is BC1C[C@@](B)(N2Cc3cc(C(B)(B)NC(=O)C(F)(F)c4ccc(Cl)cc4)ccc3C2=O)C(=O)N(B)C1=O. The average molecular weight is 521 g/mol. The van der Waals surface area contributed by atoms with Crippen LogP contribution < -0.4 is 5.32 Å².